The molecule has 9 heteroatoms. The number of H-pyrrole nitrogens is 1. The van der Waals surface area contributed by atoms with Gasteiger partial charge in [-0.25, -0.2) is 8.42 Å². The van der Waals surface area contributed by atoms with Crippen LogP contribution in [-0.4, -0.2) is 53.7 Å². The van der Waals surface area contributed by atoms with Crippen LogP contribution in [0, 0.1) is 5.92 Å². The average molecular weight is 429 g/mol. The van der Waals surface area contributed by atoms with Crippen molar-refractivity contribution >= 4 is 26.6 Å². The van der Waals surface area contributed by atoms with E-state index in [0.717, 1.165) is 16.6 Å². The average Bonchev–Trinajstić information content (AvgIpc) is 3.28. The van der Waals surface area contributed by atoms with Crippen molar-refractivity contribution in [3.63, 3.8) is 0 Å². The fourth-order valence-electron chi connectivity index (χ4n) is 3.63. The third-order valence-corrected chi connectivity index (χ3v) is 6.91. The van der Waals surface area contributed by atoms with E-state index in [1.807, 2.05) is 38.1 Å². The topological polar surface area (TPSA) is 114 Å². The summed E-state index contributed by atoms with van der Waals surface area (Å²) in [6, 6.07) is 7.61. The Balaban J connectivity index is 1.55. The summed E-state index contributed by atoms with van der Waals surface area (Å²) in [5.74, 6) is 0.627. The number of ether oxygens (including phenoxy) is 1. The van der Waals surface area contributed by atoms with E-state index in [-0.39, 0.29) is 35.1 Å². The van der Waals surface area contributed by atoms with Crippen LogP contribution < -0.4 is 10.1 Å². The van der Waals surface area contributed by atoms with E-state index in [0.29, 0.717) is 24.1 Å². The van der Waals surface area contributed by atoms with Crippen molar-refractivity contribution in [3.8, 4) is 16.9 Å². The van der Waals surface area contributed by atoms with Crippen LogP contribution in [0.1, 0.15) is 30.8 Å². The SMILES string of the molecule is CC(C)Oc1cncc(-c2ccc3[nH]nc(C(=O)NCC4CCS(=O)(=O)C4)c3c2)c1. The van der Waals surface area contributed by atoms with Gasteiger partial charge >= 0.3 is 0 Å². The minimum atomic E-state index is -2.97. The summed E-state index contributed by atoms with van der Waals surface area (Å²) in [6.07, 6.45) is 4.04. The Hall–Kier alpha value is -2.94. The number of pyridine rings is 1. The molecule has 0 bridgehead atoms. The molecular weight excluding hydrogens is 404 g/mol. The summed E-state index contributed by atoms with van der Waals surface area (Å²) in [6.45, 7) is 4.23. The number of sulfone groups is 1. The Bertz CT molecular complexity index is 1190. The largest absolute Gasteiger partial charge is 0.489 e. The summed E-state index contributed by atoms with van der Waals surface area (Å²) >= 11 is 0. The Morgan fingerprint density at radius 1 is 1.27 bits per heavy atom. The Kier molecular flexibility index (Phi) is 5.46. The molecule has 3 heterocycles. The quantitative estimate of drug-likeness (QED) is 0.624. The van der Waals surface area contributed by atoms with E-state index in [4.69, 9.17) is 4.74 Å². The first-order valence-electron chi connectivity index (χ1n) is 9.89. The van der Waals surface area contributed by atoms with Gasteiger partial charge in [0.25, 0.3) is 5.91 Å². The molecule has 1 aromatic carbocycles. The smallest absolute Gasteiger partial charge is 0.272 e. The van der Waals surface area contributed by atoms with Gasteiger partial charge < -0.3 is 10.1 Å². The molecule has 0 aliphatic carbocycles. The van der Waals surface area contributed by atoms with E-state index < -0.39 is 9.84 Å². The standard InChI is InChI=1S/C21H24N4O4S/c1-13(2)29-17-7-16(10-22-11-17)15-3-4-19-18(8-15)20(25-24-19)21(26)23-9-14-5-6-30(27,28)12-14/h3-4,7-8,10-11,13-14H,5-6,9,12H2,1-2H3,(H,23,26)(H,24,25). The van der Waals surface area contributed by atoms with Gasteiger partial charge in [-0.1, -0.05) is 6.07 Å². The minimum Gasteiger partial charge on any atom is -0.489 e. The van der Waals surface area contributed by atoms with Gasteiger partial charge in [0.05, 0.1) is 29.3 Å². The van der Waals surface area contributed by atoms with E-state index in [9.17, 15) is 13.2 Å². The van der Waals surface area contributed by atoms with E-state index >= 15 is 0 Å². The maximum Gasteiger partial charge on any atom is 0.272 e. The fourth-order valence-corrected chi connectivity index (χ4v) is 5.50. The van der Waals surface area contributed by atoms with Gasteiger partial charge in [-0.05, 0) is 49.9 Å². The molecule has 158 valence electrons. The molecule has 1 saturated heterocycles. The highest BCUT2D eigenvalue weighted by molar-refractivity contribution is 7.91. The molecule has 0 spiro atoms. The first-order chi connectivity index (χ1) is 14.3. The van der Waals surface area contributed by atoms with Gasteiger partial charge in [0, 0.05) is 23.7 Å². The maximum absolute atomic E-state index is 12.7. The Labute approximate surface area is 175 Å². The van der Waals surface area contributed by atoms with E-state index in [2.05, 4.69) is 20.5 Å². The Morgan fingerprint density at radius 3 is 2.83 bits per heavy atom. The molecule has 1 amide bonds. The van der Waals surface area contributed by atoms with Crippen LogP contribution in [0.15, 0.2) is 36.7 Å². The molecule has 1 atom stereocenters. The fraction of sp³-hybridized carbons (Fsp3) is 0.381. The highest BCUT2D eigenvalue weighted by atomic mass is 32.2. The third-order valence-electron chi connectivity index (χ3n) is 5.07. The van der Waals surface area contributed by atoms with Gasteiger partial charge in [-0.3, -0.25) is 14.9 Å². The van der Waals surface area contributed by atoms with Crippen molar-refractivity contribution in [1.82, 2.24) is 20.5 Å². The number of carbonyl (C=O) groups excluding carboxylic acids is 1. The number of nitrogens with zero attached hydrogens (tertiary/aromatic N) is 2. The first kappa shape index (κ1) is 20.3. The lowest BCUT2D eigenvalue weighted by atomic mass is 10.0. The molecule has 3 aromatic rings. The molecule has 1 fully saturated rings. The third kappa shape index (κ3) is 4.46. The van der Waals surface area contributed by atoms with Crippen molar-refractivity contribution in [2.75, 3.05) is 18.1 Å². The number of fused-ring (bicyclic) bond motifs is 1. The minimum absolute atomic E-state index is 0.0450. The van der Waals surface area contributed by atoms with Gasteiger partial charge in [0.15, 0.2) is 15.5 Å². The highest BCUT2D eigenvalue weighted by Crippen LogP contribution is 2.27. The number of aromatic nitrogens is 3. The van der Waals surface area contributed by atoms with E-state index in [1.165, 1.54) is 0 Å². The van der Waals surface area contributed by atoms with Gasteiger partial charge in [-0.15, -0.1) is 0 Å². The van der Waals surface area contributed by atoms with E-state index in [1.54, 1.807) is 12.4 Å². The molecule has 1 unspecified atom stereocenters. The summed E-state index contributed by atoms with van der Waals surface area (Å²) in [4.78, 5) is 16.9. The summed E-state index contributed by atoms with van der Waals surface area (Å²) in [5.41, 5.74) is 2.80. The first-order valence-corrected chi connectivity index (χ1v) is 11.7. The zero-order chi connectivity index (χ0) is 21.3. The molecule has 2 aromatic heterocycles. The van der Waals surface area contributed by atoms with Crippen LogP contribution >= 0.6 is 0 Å². The van der Waals surface area contributed by atoms with Crippen molar-refractivity contribution in [2.45, 2.75) is 26.4 Å². The number of nitrogens with one attached hydrogen (secondary N) is 2. The number of amides is 1. The van der Waals surface area contributed by atoms with Crippen LogP contribution in [0.3, 0.4) is 0 Å². The molecule has 0 saturated carbocycles. The maximum atomic E-state index is 12.7. The van der Waals surface area contributed by atoms with Crippen LogP contribution in [0.2, 0.25) is 0 Å². The van der Waals surface area contributed by atoms with Crippen LogP contribution in [0.25, 0.3) is 22.0 Å². The van der Waals surface area contributed by atoms with Crippen molar-refractivity contribution in [1.29, 1.82) is 0 Å². The molecule has 30 heavy (non-hydrogen) atoms. The highest BCUT2D eigenvalue weighted by Gasteiger charge is 2.28. The summed E-state index contributed by atoms with van der Waals surface area (Å²) in [7, 11) is -2.97. The number of benzene rings is 1. The molecule has 1 aliphatic heterocycles. The predicted octanol–water partition coefficient (Wildman–Crippen LogP) is 2.58. The zero-order valence-corrected chi connectivity index (χ0v) is 17.7. The number of rotatable bonds is 6. The van der Waals surface area contributed by atoms with Crippen LogP contribution in [0.4, 0.5) is 0 Å². The molecular formula is C21H24N4O4S. The summed E-state index contributed by atoms with van der Waals surface area (Å²) < 4.78 is 28.9. The predicted molar refractivity (Wildman–Crippen MR) is 114 cm³/mol. The number of hydrogen-bond donors (Lipinski definition) is 2. The second-order valence-electron chi connectivity index (χ2n) is 7.89. The van der Waals surface area contributed by atoms with Gasteiger partial charge in [0.1, 0.15) is 5.75 Å². The molecule has 4 rings (SSSR count). The Morgan fingerprint density at radius 2 is 2.10 bits per heavy atom. The lowest BCUT2D eigenvalue weighted by Gasteiger charge is -2.10. The number of aromatic amines is 1. The monoisotopic (exact) mass is 428 g/mol. The summed E-state index contributed by atoms with van der Waals surface area (Å²) in [5, 5.41) is 10.6. The number of carbonyl (C=O) groups is 1. The van der Waals surface area contributed by atoms with Crippen molar-refractivity contribution < 1.29 is 17.9 Å². The molecule has 0 radical (unpaired) electrons. The van der Waals surface area contributed by atoms with Crippen LogP contribution in [0.5, 0.6) is 5.75 Å². The van der Waals surface area contributed by atoms with Crippen molar-refractivity contribution in [3.05, 3.63) is 42.4 Å². The van der Waals surface area contributed by atoms with Gasteiger partial charge in [0.2, 0.25) is 0 Å². The van der Waals surface area contributed by atoms with Crippen LogP contribution in [-0.2, 0) is 9.84 Å². The molecule has 1 aliphatic rings. The molecule has 8 nitrogen and oxygen atoms in total. The normalized spacial score (nSPS) is 18.0. The second kappa shape index (κ2) is 8.06. The van der Waals surface area contributed by atoms with Gasteiger partial charge in [-0.2, -0.15) is 5.10 Å². The lowest BCUT2D eigenvalue weighted by Crippen LogP contribution is -2.30. The van der Waals surface area contributed by atoms with Crippen molar-refractivity contribution in [2.24, 2.45) is 5.92 Å². The second-order valence-corrected chi connectivity index (χ2v) is 10.1. The zero-order valence-electron chi connectivity index (χ0n) is 16.9. The molecule has 2 N–H and O–H groups in total. The number of hydrogen-bond acceptors (Lipinski definition) is 6. The lowest BCUT2D eigenvalue weighted by molar-refractivity contribution is 0.0945.